The first-order valence-electron chi connectivity index (χ1n) is 4.77. The Hall–Kier alpha value is -0.940. The molecule has 0 unspecified atom stereocenters. The van der Waals surface area contributed by atoms with E-state index >= 15 is 0 Å². The molecule has 0 aromatic carbocycles. The van der Waals surface area contributed by atoms with Gasteiger partial charge in [-0.05, 0) is 20.8 Å². The Morgan fingerprint density at radius 2 is 2.33 bits per heavy atom. The first-order chi connectivity index (χ1) is 6.97. The zero-order valence-electron chi connectivity index (χ0n) is 9.24. The Balaban J connectivity index is 2.18. The number of thiazole rings is 1. The molecule has 4 nitrogen and oxygen atoms in total. The number of rotatable bonds is 4. The van der Waals surface area contributed by atoms with Gasteiger partial charge in [-0.3, -0.25) is 4.79 Å². The fourth-order valence-corrected chi connectivity index (χ4v) is 1.55. The maximum absolute atomic E-state index is 11.3. The van der Waals surface area contributed by atoms with E-state index in [1.165, 1.54) is 0 Å². The SMILES string of the molecule is CC(C)(C)OC(=O)CNCc1cscn1. The fraction of sp³-hybridized carbons (Fsp3) is 0.600. The molecule has 0 saturated heterocycles. The van der Waals surface area contributed by atoms with Crippen LogP contribution >= 0.6 is 11.3 Å². The summed E-state index contributed by atoms with van der Waals surface area (Å²) in [5.74, 6) is -0.238. The van der Waals surface area contributed by atoms with E-state index in [0.29, 0.717) is 6.54 Å². The van der Waals surface area contributed by atoms with Crippen molar-refractivity contribution >= 4 is 17.3 Å². The number of carbonyl (C=O) groups excluding carboxylic acids is 1. The van der Waals surface area contributed by atoms with Gasteiger partial charge in [-0.1, -0.05) is 0 Å². The maximum atomic E-state index is 11.3. The Labute approximate surface area is 93.7 Å². The highest BCUT2D eigenvalue weighted by atomic mass is 32.1. The second-order valence-corrected chi connectivity index (χ2v) is 4.89. The van der Waals surface area contributed by atoms with Gasteiger partial charge in [0.25, 0.3) is 0 Å². The average molecular weight is 228 g/mol. The molecule has 0 aliphatic heterocycles. The van der Waals surface area contributed by atoms with Crippen molar-refractivity contribution in [3.63, 3.8) is 0 Å². The topological polar surface area (TPSA) is 51.2 Å². The van der Waals surface area contributed by atoms with Crippen LogP contribution in [-0.4, -0.2) is 23.1 Å². The summed E-state index contributed by atoms with van der Waals surface area (Å²) in [5, 5.41) is 4.93. The Morgan fingerprint density at radius 1 is 1.60 bits per heavy atom. The third kappa shape index (κ3) is 5.49. The summed E-state index contributed by atoms with van der Waals surface area (Å²) in [7, 11) is 0. The van der Waals surface area contributed by atoms with Crippen molar-refractivity contribution in [3.05, 3.63) is 16.6 Å². The molecule has 84 valence electrons. The smallest absolute Gasteiger partial charge is 0.320 e. The van der Waals surface area contributed by atoms with Gasteiger partial charge in [0.05, 0.1) is 17.7 Å². The van der Waals surface area contributed by atoms with Crippen molar-refractivity contribution in [2.24, 2.45) is 0 Å². The predicted molar refractivity (Wildman–Crippen MR) is 59.7 cm³/mol. The van der Waals surface area contributed by atoms with Gasteiger partial charge in [0.1, 0.15) is 5.60 Å². The molecule has 0 spiro atoms. The molecule has 1 aromatic heterocycles. The van der Waals surface area contributed by atoms with Gasteiger partial charge in [0.2, 0.25) is 0 Å². The lowest BCUT2D eigenvalue weighted by Crippen LogP contribution is -2.31. The lowest BCUT2D eigenvalue weighted by molar-refractivity contribution is -0.153. The van der Waals surface area contributed by atoms with Crippen LogP contribution in [0.3, 0.4) is 0 Å². The van der Waals surface area contributed by atoms with E-state index < -0.39 is 5.60 Å². The summed E-state index contributed by atoms with van der Waals surface area (Å²) in [6, 6.07) is 0. The summed E-state index contributed by atoms with van der Waals surface area (Å²) in [5.41, 5.74) is 2.30. The van der Waals surface area contributed by atoms with Crippen LogP contribution in [0.4, 0.5) is 0 Å². The molecule has 0 saturated carbocycles. The number of ether oxygens (including phenoxy) is 1. The minimum absolute atomic E-state index is 0.217. The van der Waals surface area contributed by atoms with Gasteiger partial charge in [0.15, 0.2) is 0 Å². The average Bonchev–Trinajstić information content (AvgIpc) is 2.53. The fourth-order valence-electron chi connectivity index (χ4n) is 0.995. The lowest BCUT2D eigenvalue weighted by atomic mass is 10.2. The van der Waals surface area contributed by atoms with Crippen molar-refractivity contribution in [2.45, 2.75) is 32.9 Å². The van der Waals surface area contributed by atoms with Crippen LogP contribution < -0.4 is 5.32 Å². The highest BCUT2D eigenvalue weighted by Gasteiger charge is 2.15. The molecule has 1 heterocycles. The van der Waals surface area contributed by atoms with E-state index in [2.05, 4.69) is 10.3 Å². The van der Waals surface area contributed by atoms with Crippen LogP contribution in [0.5, 0.6) is 0 Å². The van der Waals surface area contributed by atoms with E-state index in [1.54, 1.807) is 16.8 Å². The van der Waals surface area contributed by atoms with Crippen LogP contribution in [0, 0.1) is 0 Å². The Bertz CT molecular complexity index is 304. The number of hydrogen-bond acceptors (Lipinski definition) is 5. The molecule has 0 bridgehead atoms. The van der Waals surface area contributed by atoms with Crippen LogP contribution in [0.2, 0.25) is 0 Å². The normalized spacial score (nSPS) is 11.4. The monoisotopic (exact) mass is 228 g/mol. The third-order valence-electron chi connectivity index (χ3n) is 1.48. The van der Waals surface area contributed by atoms with Gasteiger partial charge >= 0.3 is 5.97 Å². The predicted octanol–water partition coefficient (Wildman–Crippen LogP) is 1.57. The number of nitrogens with one attached hydrogen (secondary N) is 1. The number of carbonyl (C=O) groups is 1. The molecule has 0 fully saturated rings. The zero-order valence-corrected chi connectivity index (χ0v) is 10.1. The molecule has 1 aromatic rings. The Morgan fingerprint density at radius 3 is 2.87 bits per heavy atom. The van der Waals surface area contributed by atoms with Crippen LogP contribution in [0.1, 0.15) is 26.5 Å². The standard InChI is InChI=1S/C10H16N2O2S/c1-10(2,3)14-9(13)5-11-4-8-6-15-7-12-8/h6-7,11H,4-5H2,1-3H3. The summed E-state index contributed by atoms with van der Waals surface area (Å²) in [4.78, 5) is 15.4. The molecular weight excluding hydrogens is 212 g/mol. The highest BCUT2D eigenvalue weighted by molar-refractivity contribution is 7.07. The quantitative estimate of drug-likeness (QED) is 0.795. The van der Waals surface area contributed by atoms with Gasteiger partial charge < -0.3 is 10.1 Å². The van der Waals surface area contributed by atoms with E-state index in [4.69, 9.17) is 4.74 Å². The van der Waals surface area contributed by atoms with Gasteiger partial charge in [0, 0.05) is 11.9 Å². The Kier molecular flexibility index (Phi) is 4.23. The zero-order chi connectivity index (χ0) is 11.3. The molecule has 0 aliphatic rings. The van der Waals surface area contributed by atoms with Gasteiger partial charge in [-0.15, -0.1) is 11.3 Å². The van der Waals surface area contributed by atoms with E-state index in [9.17, 15) is 4.79 Å². The summed E-state index contributed by atoms with van der Waals surface area (Å²) in [6.45, 7) is 6.37. The van der Waals surface area contributed by atoms with Crippen LogP contribution in [-0.2, 0) is 16.1 Å². The van der Waals surface area contributed by atoms with Gasteiger partial charge in [-0.2, -0.15) is 0 Å². The number of hydrogen-bond donors (Lipinski definition) is 1. The minimum Gasteiger partial charge on any atom is -0.459 e. The van der Waals surface area contributed by atoms with Crippen molar-refractivity contribution in [1.29, 1.82) is 0 Å². The number of nitrogens with zero attached hydrogens (tertiary/aromatic N) is 1. The minimum atomic E-state index is -0.417. The summed E-state index contributed by atoms with van der Waals surface area (Å²) < 4.78 is 5.14. The maximum Gasteiger partial charge on any atom is 0.320 e. The van der Waals surface area contributed by atoms with Crippen LogP contribution in [0.15, 0.2) is 10.9 Å². The summed E-state index contributed by atoms with van der Waals surface area (Å²) >= 11 is 1.54. The van der Waals surface area contributed by atoms with E-state index in [-0.39, 0.29) is 12.5 Å². The van der Waals surface area contributed by atoms with Crippen molar-refractivity contribution in [2.75, 3.05) is 6.54 Å². The molecule has 0 radical (unpaired) electrons. The highest BCUT2D eigenvalue weighted by Crippen LogP contribution is 2.06. The first kappa shape index (κ1) is 12.1. The van der Waals surface area contributed by atoms with Crippen molar-refractivity contribution in [3.8, 4) is 0 Å². The van der Waals surface area contributed by atoms with E-state index in [1.807, 2.05) is 26.2 Å². The molecule has 0 aliphatic carbocycles. The molecule has 1 rings (SSSR count). The molecular formula is C10H16N2O2S. The number of aromatic nitrogens is 1. The molecule has 15 heavy (non-hydrogen) atoms. The van der Waals surface area contributed by atoms with E-state index in [0.717, 1.165) is 5.69 Å². The largest absolute Gasteiger partial charge is 0.459 e. The van der Waals surface area contributed by atoms with Crippen LogP contribution in [0.25, 0.3) is 0 Å². The second-order valence-electron chi connectivity index (χ2n) is 4.17. The third-order valence-corrected chi connectivity index (χ3v) is 2.11. The molecule has 1 N–H and O–H groups in total. The first-order valence-corrected chi connectivity index (χ1v) is 5.71. The molecule has 0 amide bonds. The van der Waals surface area contributed by atoms with Crippen molar-refractivity contribution < 1.29 is 9.53 Å². The lowest BCUT2D eigenvalue weighted by Gasteiger charge is -2.19. The summed E-state index contributed by atoms with van der Waals surface area (Å²) in [6.07, 6.45) is 0. The van der Waals surface area contributed by atoms with Crippen molar-refractivity contribution in [1.82, 2.24) is 10.3 Å². The van der Waals surface area contributed by atoms with Gasteiger partial charge in [-0.25, -0.2) is 4.98 Å². The second kappa shape index (κ2) is 5.23. The molecule has 0 atom stereocenters. The number of esters is 1. The molecule has 5 heteroatoms.